The molecule has 96 valence electrons. The van der Waals surface area contributed by atoms with E-state index in [0.29, 0.717) is 6.61 Å². The summed E-state index contributed by atoms with van der Waals surface area (Å²) in [5.74, 6) is 1.51. The standard InChI is InChI=1S/C13H17N3O2/c1-10(2)16-13(14-9-15-16)8-18-12-5-3-4-11(6-12)7-17/h3-6,9-10,17H,7-8H2,1-2H3. The van der Waals surface area contributed by atoms with Crippen LogP contribution in [-0.4, -0.2) is 19.9 Å². The number of ether oxygens (including phenoxy) is 1. The normalized spacial score (nSPS) is 10.9. The number of nitrogens with zero attached hydrogens (tertiary/aromatic N) is 3. The van der Waals surface area contributed by atoms with Gasteiger partial charge in [0.05, 0.1) is 6.61 Å². The van der Waals surface area contributed by atoms with Crippen LogP contribution in [0.4, 0.5) is 0 Å². The SMILES string of the molecule is CC(C)n1ncnc1COc1cccc(CO)c1. The van der Waals surface area contributed by atoms with Crippen LogP contribution in [0.2, 0.25) is 0 Å². The van der Waals surface area contributed by atoms with Gasteiger partial charge in [-0.25, -0.2) is 9.67 Å². The summed E-state index contributed by atoms with van der Waals surface area (Å²) in [7, 11) is 0. The van der Waals surface area contributed by atoms with E-state index in [4.69, 9.17) is 9.84 Å². The second-order valence-electron chi connectivity index (χ2n) is 4.31. The second-order valence-corrected chi connectivity index (χ2v) is 4.31. The fourth-order valence-electron chi connectivity index (χ4n) is 1.69. The van der Waals surface area contributed by atoms with E-state index < -0.39 is 0 Å². The molecule has 0 bridgehead atoms. The van der Waals surface area contributed by atoms with Crippen LogP contribution in [0.5, 0.6) is 5.75 Å². The number of aliphatic hydroxyl groups is 1. The Morgan fingerprint density at radius 2 is 2.22 bits per heavy atom. The largest absolute Gasteiger partial charge is 0.486 e. The van der Waals surface area contributed by atoms with Gasteiger partial charge in [0, 0.05) is 6.04 Å². The third-order valence-electron chi connectivity index (χ3n) is 2.59. The van der Waals surface area contributed by atoms with E-state index in [1.807, 2.05) is 42.8 Å². The molecule has 0 aliphatic rings. The fourth-order valence-corrected chi connectivity index (χ4v) is 1.69. The Morgan fingerprint density at radius 3 is 2.94 bits per heavy atom. The van der Waals surface area contributed by atoms with Gasteiger partial charge in [-0.05, 0) is 31.5 Å². The molecule has 18 heavy (non-hydrogen) atoms. The Morgan fingerprint density at radius 1 is 1.39 bits per heavy atom. The molecule has 0 unspecified atom stereocenters. The molecule has 0 aliphatic heterocycles. The van der Waals surface area contributed by atoms with Crippen molar-refractivity contribution in [1.82, 2.24) is 14.8 Å². The van der Waals surface area contributed by atoms with E-state index in [1.165, 1.54) is 6.33 Å². The van der Waals surface area contributed by atoms with Crippen LogP contribution in [0.25, 0.3) is 0 Å². The van der Waals surface area contributed by atoms with Crippen LogP contribution in [-0.2, 0) is 13.2 Å². The lowest BCUT2D eigenvalue weighted by Crippen LogP contribution is -2.10. The van der Waals surface area contributed by atoms with E-state index in [0.717, 1.165) is 17.1 Å². The van der Waals surface area contributed by atoms with Gasteiger partial charge in [-0.3, -0.25) is 0 Å². The summed E-state index contributed by atoms with van der Waals surface area (Å²) >= 11 is 0. The van der Waals surface area contributed by atoms with Gasteiger partial charge < -0.3 is 9.84 Å². The summed E-state index contributed by atoms with van der Waals surface area (Å²) < 4.78 is 7.48. The highest BCUT2D eigenvalue weighted by Crippen LogP contribution is 2.15. The molecule has 0 atom stereocenters. The monoisotopic (exact) mass is 247 g/mol. The molecular formula is C13H17N3O2. The molecule has 1 N–H and O–H groups in total. The van der Waals surface area contributed by atoms with Gasteiger partial charge in [-0.1, -0.05) is 12.1 Å². The molecule has 1 aromatic heterocycles. The van der Waals surface area contributed by atoms with Gasteiger partial charge in [0.15, 0.2) is 5.82 Å². The summed E-state index contributed by atoms with van der Waals surface area (Å²) in [6.07, 6.45) is 1.53. The number of aromatic nitrogens is 3. The maximum absolute atomic E-state index is 9.05. The number of benzene rings is 1. The fraction of sp³-hybridized carbons (Fsp3) is 0.385. The minimum atomic E-state index is 0.0133. The van der Waals surface area contributed by atoms with Crippen molar-refractivity contribution in [3.63, 3.8) is 0 Å². The van der Waals surface area contributed by atoms with E-state index >= 15 is 0 Å². The average molecular weight is 247 g/mol. The van der Waals surface area contributed by atoms with Crippen molar-refractivity contribution < 1.29 is 9.84 Å². The maximum atomic E-state index is 9.05. The smallest absolute Gasteiger partial charge is 0.165 e. The summed E-state index contributed by atoms with van der Waals surface area (Å²) in [6.45, 7) is 4.47. The highest BCUT2D eigenvalue weighted by atomic mass is 16.5. The first kappa shape index (κ1) is 12.6. The van der Waals surface area contributed by atoms with Crippen molar-refractivity contribution >= 4 is 0 Å². The van der Waals surface area contributed by atoms with Crippen LogP contribution >= 0.6 is 0 Å². The minimum absolute atomic E-state index is 0.0133. The van der Waals surface area contributed by atoms with Crippen molar-refractivity contribution in [2.45, 2.75) is 33.1 Å². The Hall–Kier alpha value is -1.88. The van der Waals surface area contributed by atoms with Crippen molar-refractivity contribution in [1.29, 1.82) is 0 Å². The Balaban J connectivity index is 2.04. The zero-order chi connectivity index (χ0) is 13.0. The van der Waals surface area contributed by atoms with Crippen molar-refractivity contribution in [2.75, 3.05) is 0 Å². The van der Waals surface area contributed by atoms with E-state index in [1.54, 1.807) is 0 Å². The molecule has 5 nitrogen and oxygen atoms in total. The molecular weight excluding hydrogens is 230 g/mol. The van der Waals surface area contributed by atoms with Gasteiger partial charge >= 0.3 is 0 Å². The van der Waals surface area contributed by atoms with Crippen LogP contribution in [0.15, 0.2) is 30.6 Å². The van der Waals surface area contributed by atoms with Crippen LogP contribution in [0.1, 0.15) is 31.3 Å². The van der Waals surface area contributed by atoms with Gasteiger partial charge in [-0.2, -0.15) is 5.10 Å². The molecule has 0 radical (unpaired) electrons. The molecule has 1 aromatic carbocycles. The zero-order valence-electron chi connectivity index (χ0n) is 10.6. The third kappa shape index (κ3) is 2.87. The third-order valence-corrected chi connectivity index (χ3v) is 2.59. The lowest BCUT2D eigenvalue weighted by molar-refractivity contribution is 0.272. The van der Waals surface area contributed by atoms with Crippen LogP contribution in [0, 0.1) is 0 Å². The molecule has 0 spiro atoms. The van der Waals surface area contributed by atoms with Gasteiger partial charge in [0.2, 0.25) is 0 Å². The highest BCUT2D eigenvalue weighted by molar-refractivity contribution is 5.28. The topological polar surface area (TPSA) is 60.2 Å². The molecule has 2 aromatic rings. The zero-order valence-corrected chi connectivity index (χ0v) is 10.6. The Bertz CT molecular complexity index is 508. The molecule has 0 amide bonds. The number of rotatable bonds is 5. The van der Waals surface area contributed by atoms with E-state index in [2.05, 4.69) is 10.1 Å². The van der Waals surface area contributed by atoms with E-state index in [9.17, 15) is 0 Å². The van der Waals surface area contributed by atoms with Crippen molar-refractivity contribution in [3.05, 3.63) is 42.0 Å². The molecule has 5 heteroatoms. The predicted octanol–water partition coefficient (Wildman–Crippen LogP) is 1.93. The second kappa shape index (κ2) is 5.64. The van der Waals surface area contributed by atoms with Gasteiger partial charge in [0.25, 0.3) is 0 Å². The first-order chi connectivity index (χ1) is 8.70. The van der Waals surface area contributed by atoms with Gasteiger partial charge in [-0.15, -0.1) is 0 Å². The van der Waals surface area contributed by atoms with Crippen LogP contribution < -0.4 is 4.74 Å². The molecule has 2 rings (SSSR count). The van der Waals surface area contributed by atoms with Crippen LogP contribution in [0.3, 0.4) is 0 Å². The summed E-state index contributed by atoms with van der Waals surface area (Å²) in [4.78, 5) is 4.17. The quantitative estimate of drug-likeness (QED) is 0.877. The summed E-state index contributed by atoms with van der Waals surface area (Å²) in [6, 6.07) is 7.64. The number of hydrogen-bond donors (Lipinski definition) is 1. The first-order valence-electron chi connectivity index (χ1n) is 5.91. The summed E-state index contributed by atoms with van der Waals surface area (Å²) in [5, 5.41) is 13.2. The minimum Gasteiger partial charge on any atom is -0.486 e. The van der Waals surface area contributed by atoms with E-state index in [-0.39, 0.29) is 12.6 Å². The first-order valence-corrected chi connectivity index (χ1v) is 5.91. The molecule has 0 aliphatic carbocycles. The predicted molar refractivity (Wildman–Crippen MR) is 67.1 cm³/mol. The molecule has 0 saturated heterocycles. The van der Waals surface area contributed by atoms with Crippen molar-refractivity contribution in [3.8, 4) is 5.75 Å². The number of aliphatic hydroxyl groups excluding tert-OH is 1. The van der Waals surface area contributed by atoms with Crippen molar-refractivity contribution in [2.24, 2.45) is 0 Å². The lowest BCUT2D eigenvalue weighted by atomic mass is 10.2. The highest BCUT2D eigenvalue weighted by Gasteiger charge is 2.08. The average Bonchev–Trinajstić information content (AvgIpc) is 2.85. The molecule has 0 fully saturated rings. The molecule has 0 saturated carbocycles. The summed E-state index contributed by atoms with van der Waals surface area (Å²) in [5.41, 5.74) is 0.831. The van der Waals surface area contributed by atoms with Gasteiger partial charge in [0.1, 0.15) is 18.7 Å². The lowest BCUT2D eigenvalue weighted by Gasteiger charge is -2.10. The number of hydrogen-bond acceptors (Lipinski definition) is 4. The maximum Gasteiger partial charge on any atom is 0.165 e. The molecule has 1 heterocycles. The Labute approximate surface area is 106 Å². The Kier molecular flexibility index (Phi) is 3.94.